The fourth-order valence-electron chi connectivity index (χ4n) is 1.85. The average molecular weight is 225 g/mol. The lowest BCUT2D eigenvalue weighted by Crippen LogP contribution is -2.41. The lowest BCUT2D eigenvalue weighted by atomic mass is 10.0. The average Bonchev–Trinajstić information content (AvgIpc) is 2.15. The van der Waals surface area contributed by atoms with E-state index in [2.05, 4.69) is 11.0 Å². The van der Waals surface area contributed by atoms with E-state index in [-0.39, 0.29) is 6.04 Å². The van der Waals surface area contributed by atoms with Gasteiger partial charge in [-0.25, -0.2) is 0 Å². The standard InChI is InChI=1S/C12H17ClN2/c1-9-7-10(3-4-11(9)13)12(14)8-15-5-2-6-15/h3-4,7,12H,2,5-6,8,14H2,1H3/t12-/m1/s1. The van der Waals surface area contributed by atoms with Crippen molar-refractivity contribution in [2.24, 2.45) is 5.73 Å². The summed E-state index contributed by atoms with van der Waals surface area (Å²) < 4.78 is 0. The van der Waals surface area contributed by atoms with E-state index in [0.29, 0.717) is 0 Å². The van der Waals surface area contributed by atoms with Gasteiger partial charge in [0.1, 0.15) is 0 Å². The SMILES string of the molecule is Cc1cc([C@H](N)CN2CCC2)ccc1Cl. The molecule has 1 atom stereocenters. The van der Waals surface area contributed by atoms with Crippen LogP contribution >= 0.6 is 11.6 Å². The van der Waals surface area contributed by atoms with Gasteiger partial charge in [-0.1, -0.05) is 23.7 Å². The van der Waals surface area contributed by atoms with Crippen LogP contribution in [-0.2, 0) is 0 Å². The van der Waals surface area contributed by atoms with Crippen LogP contribution in [0.5, 0.6) is 0 Å². The molecule has 0 amide bonds. The zero-order valence-electron chi connectivity index (χ0n) is 9.04. The van der Waals surface area contributed by atoms with Gasteiger partial charge in [-0.3, -0.25) is 0 Å². The summed E-state index contributed by atoms with van der Waals surface area (Å²) in [6.45, 7) is 5.36. The predicted octanol–water partition coefficient (Wildman–Crippen LogP) is 2.35. The Morgan fingerprint density at radius 2 is 2.20 bits per heavy atom. The highest BCUT2D eigenvalue weighted by molar-refractivity contribution is 6.31. The topological polar surface area (TPSA) is 29.3 Å². The van der Waals surface area contributed by atoms with E-state index in [9.17, 15) is 0 Å². The van der Waals surface area contributed by atoms with Crippen molar-refractivity contribution in [3.63, 3.8) is 0 Å². The molecule has 0 radical (unpaired) electrons. The van der Waals surface area contributed by atoms with Crippen molar-refractivity contribution >= 4 is 11.6 Å². The highest BCUT2D eigenvalue weighted by atomic mass is 35.5. The molecule has 82 valence electrons. The number of hydrogen-bond donors (Lipinski definition) is 1. The summed E-state index contributed by atoms with van der Waals surface area (Å²) in [4.78, 5) is 2.38. The lowest BCUT2D eigenvalue weighted by molar-refractivity contribution is 0.170. The summed E-state index contributed by atoms with van der Waals surface area (Å²) >= 11 is 5.98. The third-order valence-electron chi connectivity index (χ3n) is 3.01. The summed E-state index contributed by atoms with van der Waals surface area (Å²) in [6.07, 6.45) is 1.31. The molecule has 2 nitrogen and oxygen atoms in total. The minimum atomic E-state index is 0.112. The van der Waals surface area contributed by atoms with E-state index >= 15 is 0 Å². The molecule has 1 aliphatic heterocycles. The van der Waals surface area contributed by atoms with E-state index in [1.165, 1.54) is 25.1 Å². The van der Waals surface area contributed by atoms with Crippen molar-refractivity contribution in [3.05, 3.63) is 34.3 Å². The minimum Gasteiger partial charge on any atom is -0.323 e. The van der Waals surface area contributed by atoms with E-state index in [0.717, 1.165) is 17.1 Å². The summed E-state index contributed by atoms with van der Waals surface area (Å²) in [7, 11) is 0. The van der Waals surface area contributed by atoms with Crippen LogP contribution in [-0.4, -0.2) is 24.5 Å². The number of nitrogens with zero attached hydrogens (tertiary/aromatic N) is 1. The van der Waals surface area contributed by atoms with Crippen LogP contribution in [0.15, 0.2) is 18.2 Å². The Labute approximate surface area is 96.0 Å². The first kappa shape index (κ1) is 10.9. The fraction of sp³-hybridized carbons (Fsp3) is 0.500. The molecule has 1 aliphatic rings. The maximum Gasteiger partial charge on any atom is 0.0435 e. The molecule has 0 unspecified atom stereocenters. The molecule has 0 bridgehead atoms. The lowest BCUT2D eigenvalue weighted by Gasteiger charge is -2.33. The Balaban J connectivity index is 2.03. The second kappa shape index (κ2) is 4.52. The third-order valence-corrected chi connectivity index (χ3v) is 3.44. The molecule has 3 heteroatoms. The normalized spacial score (nSPS) is 18.6. The Morgan fingerprint density at radius 1 is 1.47 bits per heavy atom. The molecule has 15 heavy (non-hydrogen) atoms. The van der Waals surface area contributed by atoms with Gasteiger partial charge in [0, 0.05) is 17.6 Å². The van der Waals surface area contributed by atoms with E-state index in [1.807, 2.05) is 19.1 Å². The molecule has 0 aliphatic carbocycles. The molecular formula is C12H17ClN2. The summed E-state index contributed by atoms with van der Waals surface area (Å²) in [5.41, 5.74) is 8.43. The summed E-state index contributed by atoms with van der Waals surface area (Å²) in [5, 5.41) is 0.815. The first-order chi connectivity index (χ1) is 7.16. The number of benzene rings is 1. The quantitative estimate of drug-likeness (QED) is 0.854. The zero-order chi connectivity index (χ0) is 10.8. The molecule has 1 saturated heterocycles. The second-order valence-electron chi connectivity index (χ2n) is 4.27. The van der Waals surface area contributed by atoms with Crippen LogP contribution in [0.2, 0.25) is 5.02 Å². The number of aryl methyl sites for hydroxylation is 1. The van der Waals surface area contributed by atoms with Crippen molar-refractivity contribution in [2.45, 2.75) is 19.4 Å². The van der Waals surface area contributed by atoms with Gasteiger partial charge in [-0.2, -0.15) is 0 Å². The minimum absolute atomic E-state index is 0.112. The van der Waals surface area contributed by atoms with Crippen LogP contribution in [0.1, 0.15) is 23.6 Å². The smallest absolute Gasteiger partial charge is 0.0435 e. The van der Waals surface area contributed by atoms with Gasteiger partial charge >= 0.3 is 0 Å². The van der Waals surface area contributed by atoms with Crippen LogP contribution in [0.3, 0.4) is 0 Å². The Bertz CT molecular complexity index is 347. The molecular weight excluding hydrogens is 208 g/mol. The van der Waals surface area contributed by atoms with Crippen molar-refractivity contribution < 1.29 is 0 Å². The van der Waals surface area contributed by atoms with Crippen LogP contribution < -0.4 is 5.73 Å². The number of nitrogens with two attached hydrogens (primary N) is 1. The summed E-state index contributed by atoms with van der Waals surface area (Å²) in [5.74, 6) is 0. The molecule has 1 aromatic rings. The number of rotatable bonds is 3. The van der Waals surface area contributed by atoms with Crippen LogP contribution in [0.25, 0.3) is 0 Å². The van der Waals surface area contributed by atoms with Crippen LogP contribution in [0, 0.1) is 6.92 Å². The van der Waals surface area contributed by atoms with E-state index < -0.39 is 0 Å². The number of halogens is 1. The Kier molecular flexibility index (Phi) is 3.29. The van der Waals surface area contributed by atoms with E-state index in [4.69, 9.17) is 17.3 Å². The van der Waals surface area contributed by atoms with Crippen molar-refractivity contribution in [3.8, 4) is 0 Å². The number of likely N-dealkylation sites (tertiary alicyclic amines) is 1. The molecule has 0 spiro atoms. The van der Waals surface area contributed by atoms with E-state index in [1.54, 1.807) is 0 Å². The molecule has 2 rings (SSSR count). The molecule has 0 aromatic heterocycles. The molecule has 2 N–H and O–H groups in total. The predicted molar refractivity (Wildman–Crippen MR) is 64.2 cm³/mol. The first-order valence-corrected chi connectivity index (χ1v) is 5.78. The van der Waals surface area contributed by atoms with Gasteiger partial charge in [0.15, 0.2) is 0 Å². The van der Waals surface area contributed by atoms with Gasteiger partial charge in [0.25, 0.3) is 0 Å². The van der Waals surface area contributed by atoms with Crippen molar-refractivity contribution in [2.75, 3.05) is 19.6 Å². The maximum absolute atomic E-state index is 6.14. The molecule has 1 heterocycles. The number of hydrogen-bond acceptors (Lipinski definition) is 2. The molecule has 0 saturated carbocycles. The molecule has 1 fully saturated rings. The van der Waals surface area contributed by atoms with Gasteiger partial charge < -0.3 is 10.6 Å². The fourth-order valence-corrected chi connectivity index (χ4v) is 1.96. The van der Waals surface area contributed by atoms with Crippen LogP contribution in [0.4, 0.5) is 0 Å². The first-order valence-electron chi connectivity index (χ1n) is 5.41. The van der Waals surface area contributed by atoms with Gasteiger partial charge in [0.05, 0.1) is 0 Å². The molecule has 1 aromatic carbocycles. The highest BCUT2D eigenvalue weighted by Gasteiger charge is 2.17. The second-order valence-corrected chi connectivity index (χ2v) is 4.68. The monoisotopic (exact) mass is 224 g/mol. The Hall–Kier alpha value is -0.570. The zero-order valence-corrected chi connectivity index (χ0v) is 9.80. The highest BCUT2D eigenvalue weighted by Crippen LogP contribution is 2.21. The van der Waals surface area contributed by atoms with Gasteiger partial charge in [-0.05, 0) is 43.6 Å². The van der Waals surface area contributed by atoms with Gasteiger partial charge in [-0.15, -0.1) is 0 Å². The Morgan fingerprint density at radius 3 is 2.73 bits per heavy atom. The van der Waals surface area contributed by atoms with Gasteiger partial charge in [0.2, 0.25) is 0 Å². The van der Waals surface area contributed by atoms with Crippen molar-refractivity contribution in [1.82, 2.24) is 4.90 Å². The summed E-state index contributed by atoms with van der Waals surface area (Å²) in [6, 6.07) is 6.16. The third kappa shape index (κ3) is 2.51. The maximum atomic E-state index is 6.14. The van der Waals surface area contributed by atoms with Crippen molar-refractivity contribution in [1.29, 1.82) is 0 Å². The largest absolute Gasteiger partial charge is 0.323 e.